The second kappa shape index (κ2) is 5.56. The summed E-state index contributed by atoms with van der Waals surface area (Å²) in [6.07, 6.45) is 2.66. The van der Waals surface area contributed by atoms with Crippen LogP contribution in [0.15, 0.2) is 0 Å². The molecule has 0 aliphatic rings. The Morgan fingerprint density at radius 3 is 2.33 bits per heavy atom. The van der Waals surface area contributed by atoms with Gasteiger partial charge in [-0.3, -0.25) is 4.79 Å². The molecule has 0 saturated heterocycles. The highest BCUT2D eigenvalue weighted by molar-refractivity contribution is 5.73. The van der Waals surface area contributed by atoms with Crippen LogP contribution in [0.2, 0.25) is 0 Å². The molecule has 9 heavy (non-hydrogen) atoms. The van der Waals surface area contributed by atoms with Gasteiger partial charge in [-0.05, 0) is 12.8 Å². The molecule has 2 N–H and O–H groups in total. The van der Waals surface area contributed by atoms with E-state index in [9.17, 15) is 9.90 Å². The Balaban J connectivity index is 2.83. The van der Waals surface area contributed by atoms with E-state index in [2.05, 4.69) is 0 Å². The van der Waals surface area contributed by atoms with Gasteiger partial charge < -0.3 is 5.73 Å². The Kier molecular flexibility index (Phi) is 5.21. The molecule has 0 saturated carbocycles. The monoisotopic (exact) mass is 130 g/mol. The fraction of sp³-hybridized carbons (Fsp3) is 0.833. The smallest absolute Gasteiger partial charge is 0.217 e. The van der Waals surface area contributed by atoms with Crippen molar-refractivity contribution >= 4 is 5.91 Å². The number of carbonyl (C=O) groups is 1. The first-order valence-corrected chi connectivity index (χ1v) is 3.14. The van der Waals surface area contributed by atoms with Crippen LogP contribution in [-0.2, 0) is 9.90 Å². The molecule has 0 rings (SSSR count). The molecule has 0 bridgehead atoms. The van der Waals surface area contributed by atoms with Crippen molar-refractivity contribution in [2.24, 2.45) is 5.73 Å². The number of unbranched alkanes of at least 4 members (excludes halogenated alkanes) is 2. The zero-order valence-corrected chi connectivity index (χ0v) is 5.43. The van der Waals surface area contributed by atoms with Gasteiger partial charge in [0.05, 0.1) is 6.61 Å². The molecule has 0 unspecified atom stereocenters. The second-order valence-electron chi connectivity index (χ2n) is 1.98. The summed E-state index contributed by atoms with van der Waals surface area (Å²) < 4.78 is 0. The van der Waals surface area contributed by atoms with E-state index in [1.807, 2.05) is 0 Å². The number of nitrogens with two attached hydrogens (primary N) is 1. The molecule has 0 aromatic carbocycles. The third kappa shape index (κ3) is 7.43. The summed E-state index contributed by atoms with van der Waals surface area (Å²) in [5.74, 6) is -0.277. The van der Waals surface area contributed by atoms with E-state index >= 15 is 0 Å². The normalized spacial score (nSPS) is 9.44. The molecule has 0 fully saturated rings. The first kappa shape index (κ1) is 8.43. The summed E-state index contributed by atoms with van der Waals surface area (Å²) in [6, 6.07) is 0. The summed E-state index contributed by atoms with van der Waals surface area (Å²) in [5.41, 5.74) is 4.86. The van der Waals surface area contributed by atoms with Crippen molar-refractivity contribution in [2.75, 3.05) is 6.61 Å². The van der Waals surface area contributed by atoms with Gasteiger partial charge in [0.1, 0.15) is 0 Å². The number of primary amides is 1. The lowest BCUT2D eigenvalue weighted by atomic mass is 10.2. The largest absolute Gasteiger partial charge is 0.370 e. The first-order valence-electron chi connectivity index (χ1n) is 3.14. The Hall–Kier alpha value is -0.570. The fourth-order valence-corrected chi connectivity index (χ4v) is 0.578. The molecule has 0 spiro atoms. The van der Waals surface area contributed by atoms with Crippen LogP contribution in [0.4, 0.5) is 0 Å². The van der Waals surface area contributed by atoms with Gasteiger partial charge in [0.2, 0.25) is 5.91 Å². The van der Waals surface area contributed by atoms with E-state index in [4.69, 9.17) is 5.73 Å². The van der Waals surface area contributed by atoms with Crippen LogP contribution in [0.1, 0.15) is 25.7 Å². The lowest BCUT2D eigenvalue weighted by Crippen LogP contribution is -2.09. The lowest BCUT2D eigenvalue weighted by molar-refractivity contribution is -0.118. The second-order valence-corrected chi connectivity index (χ2v) is 1.98. The maximum Gasteiger partial charge on any atom is 0.217 e. The molecule has 0 heterocycles. The van der Waals surface area contributed by atoms with Crippen LogP contribution < -0.4 is 5.73 Å². The molecule has 0 aromatic heterocycles. The van der Waals surface area contributed by atoms with Crippen LogP contribution in [0.5, 0.6) is 0 Å². The van der Waals surface area contributed by atoms with Crippen LogP contribution in [-0.4, -0.2) is 12.5 Å². The third-order valence-corrected chi connectivity index (χ3v) is 1.07. The molecule has 1 amide bonds. The highest BCUT2D eigenvalue weighted by atomic mass is 16.2. The van der Waals surface area contributed by atoms with Gasteiger partial charge in [-0.15, -0.1) is 0 Å². The van der Waals surface area contributed by atoms with Crippen molar-refractivity contribution in [3.05, 3.63) is 0 Å². The quantitative estimate of drug-likeness (QED) is 0.540. The van der Waals surface area contributed by atoms with Gasteiger partial charge in [0, 0.05) is 6.42 Å². The minimum Gasteiger partial charge on any atom is -0.370 e. The van der Waals surface area contributed by atoms with Gasteiger partial charge in [-0.25, -0.2) is 5.11 Å². The van der Waals surface area contributed by atoms with Gasteiger partial charge in [0.25, 0.3) is 0 Å². The summed E-state index contributed by atoms with van der Waals surface area (Å²) in [5, 5.41) is 9.86. The number of hydrogen-bond donors (Lipinski definition) is 1. The van der Waals surface area contributed by atoms with Crippen molar-refractivity contribution in [3.63, 3.8) is 0 Å². The van der Waals surface area contributed by atoms with Crippen LogP contribution in [0.25, 0.3) is 0 Å². The third-order valence-electron chi connectivity index (χ3n) is 1.07. The predicted molar refractivity (Wildman–Crippen MR) is 33.2 cm³/mol. The van der Waals surface area contributed by atoms with E-state index in [0.717, 1.165) is 12.8 Å². The van der Waals surface area contributed by atoms with Gasteiger partial charge in [0.15, 0.2) is 0 Å². The first-order chi connectivity index (χ1) is 4.27. The summed E-state index contributed by atoms with van der Waals surface area (Å²) in [6.45, 7) is -0.0429. The molecule has 3 heteroatoms. The van der Waals surface area contributed by atoms with Gasteiger partial charge in [-0.2, -0.15) is 0 Å². The van der Waals surface area contributed by atoms with E-state index in [1.165, 1.54) is 0 Å². The van der Waals surface area contributed by atoms with Crippen molar-refractivity contribution in [1.82, 2.24) is 0 Å². The van der Waals surface area contributed by atoms with Crippen molar-refractivity contribution < 1.29 is 9.90 Å². The zero-order chi connectivity index (χ0) is 7.11. The Bertz CT molecular complexity index is 83.1. The Morgan fingerprint density at radius 1 is 1.22 bits per heavy atom. The summed E-state index contributed by atoms with van der Waals surface area (Å²) >= 11 is 0. The van der Waals surface area contributed by atoms with Crippen molar-refractivity contribution in [2.45, 2.75) is 25.7 Å². The number of carbonyl (C=O) groups excluding carboxylic acids is 1. The number of rotatable bonds is 5. The van der Waals surface area contributed by atoms with Crippen LogP contribution in [0, 0.1) is 0 Å². The standard InChI is InChI=1S/C6H12NO2/c7-6(9)4-2-1-3-5-8/h1-5H2,(H2,7,9). The number of hydrogen-bond acceptors (Lipinski definition) is 1. The molecule has 0 aromatic rings. The maximum absolute atomic E-state index is 10.1. The highest BCUT2D eigenvalue weighted by Gasteiger charge is 1.92. The van der Waals surface area contributed by atoms with Gasteiger partial charge in [-0.1, -0.05) is 6.42 Å². The maximum atomic E-state index is 10.1. The van der Waals surface area contributed by atoms with Crippen molar-refractivity contribution in [3.8, 4) is 0 Å². The molecule has 1 radical (unpaired) electrons. The molecule has 53 valence electrons. The predicted octanol–water partition coefficient (Wildman–Crippen LogP) is 0.463. The molecular formula is C6H12NO2. The van der Waals surface area contributed by atoms with Crippen molar-refractivity contribution in [1.29, 1.82) is 0 Å². The van der Waals surface area contributed by atoms with E-state index < -0.39 is 0 Å². The molecule has 0 atom stereocenters. The average molecular weight is 130 g/mol. The van der Waals surface area contributed by atoms with Gasteiger partial charge >= 0.3 is 0 Å². The molecule has 3 nitrogen and oxygen atoms in total. The van der Waals surface area contributed by atoms with Crippen LogP contribution >= 0.6 is 0 Å². The molecule has 0 aliphatic carbocycles. The topological polar surface area (TPSA) is 63.0 Å². The fourth-order valence-electron chi connectivity index (χ4n) is 0.578. The number of amides is 1. The Morgan fingerprint density at radius 2 is 1.89 bits per heavy atom. The lowest BCUT2D eigenvalue weighted by Gasteiger charge is -1.92. The van der Waals surface area contributed by atoms with Crippen LogP contribution in [0.3, 0.4) is 0 Å². The Labute approximate surface area is 54.9 Å². The molecular weight excluding hydrogens is 118 g/mol. The average Bonchev–Trinajstić information content (AvgIpc) is 1.80. The summed E-state index contributed by atoms with van der Waals surface area (Å²) in [7, 11) is 0. The highest BCUT2D eigenvalue weighted by Crippen LogP contribution is 1.97. The van der Waals surface area contributed by atoms with E-state index in [-0.39, 0.29) is 12.5 Å². The zero-order valence-electron chi connectivity index (χ0n) is 5.43. The minimum absolute atomic E-state index is 0.0429. The molecule has 0 aliphatic heterocycles. The SMILES string of the molecule is NC(=O)CCCCC[O]. The van der Waals surface area contributed by atoms with E-state index in [1.54, 1.807) is 0 Å². The van der Waals surface area contributed by atoms with E-state index in [0.29, 0.717) is 12.8 Å². The minimum atomic E-state index is -0.277. The summed E-state index contributed by atoms with van der Waals surface area (Å²) in [4.78, 5) is 10.1.